The summed E-state index contributed by atoms with van der Waals surface area (Å²) in [5.41, 5.74) is 8.37. The largest absolute Gasteiger partial charge is 0.456 e. The topological polar surface area (TPSA) is 12.5 Å². The third-order valence-electron chi connectivity index (χ3n) is 8.70. The van der Waals surface area contributed by atoms with Crippen LogP contribution in [0.25, 0.3) is 28.0 Å². The van der Waals surface area contributed by atoms with Crippen molar-refractivity contribution in [3.63, 3.8) is 0 Å². The van der Waals surface area contributed by atoms with Crippen LogP contribution in [0.5, 0.6) is 11.5 Å². The van der Waals surface area contributed by atoms with E-state index in [1.54, 1.807) is 0 Å². The van der Waals surface area contributed by atoms with Crippen molar-refractivity contribution in [1.82, 2.24) is 0 Å². The highest BCUT2D eigenvalue weighted by molar-refractivity contribution is 6.08. The molecule has 4 aromatic rings. The molecule has 0 atom stereocenters. The molecule has 2 nitrogen and oxygen atoms in total. The van der Waals surface area contributed by atoms with Crippen molar-refractivity contribution in [2.24, 2.45) is 0 Å². The van der Waals surface area contributed by atoms with Crippen LogP contribution >= 0.6 is 0 Å². The predicted octanol–water partition coefficient (Wildman–Crippen LogP) is 10.1. The van der Waals surface area contributed by atoms with E-state index in [-0.39, 0.29) is 5.41 Å². The highest BCUT2D eigenvalue weighted by Gasteiger charge is 2.45. The van der Waals surface area contributed by atoms with Gasteiger partial charge in [0.1, 0.15) is 11.5 Å². The fourth-order valence-electron chi connectivity index (χ4n) is 6.92. The first kappa shape index (κ1) is 24.8. The van der Waals surface area contributed by atoms with Gasteiger partial charge in [-0.25, -0.2) is 0 Å². The van der Waals surface area contributed by atoms with Crippen molar-refractivity contribution < 1.29 is 4.74 Å². The molecule has 194 valence electrons. The Balaban J connectivity index is 1.66. The smallest absolute Gasteiger partial charge is 0.142 e. The van der Waals surface area contributed by atoms with E-state index in [4.69, 9.17) is 4.74 Å². The third-order valence-corrected chi connectivity index (χ3v) is 8.70. The Morgan fingerprint density at radius 2 is 1.45 bits per heavy atom. The van der Waals surface area contributed by atoms with Crippen molar-refractivity contribution in [3.05, 3.63) is 95.6 Å². The van der Waals surface area contributed by atoms with Crippen LogP contribution in [0.15, 0.2) is 78.9 Å². The molecule has 0 bridgehead atoms. The van der Waals surface area contributed by atoms with Gasteiger partial charge in [0.2, 0.25) is 0 Å². The Hall–Kier alpha value is -3.52. The van der Waals surface area contributed by atoms with E-state index in [0.29, 0.717) is 0 Å². The SMILES string of the molecule is CC/C=C\c1c2c(c3ccccc3c1Oc1ccc(N(C)C)cc1)-c1ccccc1C21CCCCCCC1. The van der Waals surface area contributed by atoms with E-state index in [1.807, 2.05) is 0 Å². The number of anilines is 1. The van der Waals surface area contributed by atoms with Crippen LogP contribution < -0.4 is 9.64 Å². The Kier molecular flexibility index (Phi) is 6.74. The lowest BCUT2D eigenvalue weighted by atomic mass is 9.68. The Morgan fingerprint density at radius 1 is 0.789 bits per heavy atom. The molecule has 1 saturated carbocycles. The maximum atomic E-state index is 6.90. The molecule has 0 saturated heterocycles. The van der Waals surface area contributed by atoms with Gasteiger partial charge in [0.15, 0.2) is 0 Å². The molecule has 2 heteroatoms. The third kappa shape index (κ3) is 4.11. The summed E-state index contributed by atoms with van der Waals surface area (Å²) in [4.78, 5) is 2.12. The molecule has 0 amide bonds. The lowest BCUT2D eigenvalue weighted by molar-refractivity contribution is 0.371. The molecule has 2 aliphatic carbocycles. The van der Waals surface area contributed by atoms with Crippen LogP contribution in [0.3, 0.4) is 0 Å². The molecule has 0 heterocycles. The Morgan fingerprint density at radius 3 is 2.16 bits per heavy atom. The summed E-state index contributed by atoms with van der Waals surface area (Å²) in [7, 11) is 4.15. The molecule has 0 radical (unpaired) electrons. The normalized spacial score (nSPS) is 16.3. The number of hydrogen-bond acceptors (Lipinski definition) is 2. The van der Waals surface area contributed by atoms with E-state index < -0.39 is 0 Å². The summed E-state index contributed by atoms with van der Waals surface area (Å²) in [5.74, 6) is 1.88. The summed E-state index contributed by atoms with van der Waals surface area (Å²) in [5, 5.41) is 2.50. The maximum absolute atomic E-state index is 6.90. The zero-order valence-corrected chi connectivity index (χ0v) is 23.1. The van der Waals surface area contributed by atoms with Crippen LogP contribution in [-0.4, -0.2) is 14.1 Å². The quantitative estimate of drug-likeness (QED) is 0.270. The van der Waals surface area contributed by atoms with Crippen LogP contribution in [0.2, 0.25) is 0 Å². The van der Waals surface area contributed by atoms with Gasteiger partial charge in [-0.15, -0.1) is 0 Å². The monoisotopic (exact) mass is 501 g/mol. The van der Waals surface area contributed by atoms with E-state index >= 15 is 0 Å². The fraction of sp³-hybridized carbons (Fsp3) is 0.333. The van der Waals surface area contributed by atoms with E-state index in [0.717, 1.165) is 17.9 Å². The molecular formula is C36H39NO. The van der Waals surface area contributed by atoms with Gasteiger partial charge in [-0.2, -0.15) is 0 Å². The summed E-state index contributed by atoms with van der Waals surface area (Å²) in [6, 6.07) is 26.6. The first-order valence-electron chi connectivity index (χ1n) is 14.4. The summed E-state index contributed by atoms with van der Waals surface area (Å²) in [6.07, 6.45) is 14.7. The lowest BCUT2D eigenvalue weighted by Crippen LogP contribution is -2.27. The summed E-state index contributed by atoms with van der Waals surface area (Å²) < 4.78 is 6.90. The Labute approximate surface area is 228 Å². The molecule has 0 unspecified atom stereocenters. The standard InChI is InChI=1S/C36H39NO/c1-4-5-15-31-34-33(30-18-11-12-19-32(30)36(34)24-13-7-6-8-14-25-36)28-16-9-10-17-29(28)35(31)38-27-22-20-26(21-23-27)37(2)3/h5,9-12,15-23H,4,6-8,13-14,24-25H2,1-3H3/b15-5-. The molecule has 0 N–H and O–H groups in total. The second-order valence-corrected chi connectivity index (χ2v) is 11.2. The average Bonchev–Trinajstić information content (AvgIpc) is 3.21. The molecule has 2 aliphatic rings. The zero-order valence-electron chi connectivity index (χ0n) is 23.1. The number of hydrogen-bond donors (Lipinski definition) is 0. The van der Waals surface area contributed by atoms with Crippen molar-refractivity contribution in [2.45, 2.75) is 63.7 Å². The van der Waals surface area contributed by atoms with Gasteiger partial charge >= 0.3 is 0 Å². The van der Waals surface area contributed by atoms with E-state index in [9.17, 15) is 0 Å². The van der Waals surface area contributed by atoms with Gasteiger partial charge in [0.25, 0.3) is 0 Å². The van der Waals surface area contributed by atoms with Crippen LogP contribution in [0.4, 0.5) is 5.69 Å². The molecule has 6 rings (SSSR count). The molecule has 38 heavy (non-hydrogen) atoms. The number of rotatable bonds is 5. The second kappa shape index (κ2) is 10.3. The second-order valence-electron chi connectivity index (χ2n) is 11.2. The van der Waals surface area contributed by atoms with E-state index in [2.05, 4.69) is 111 Å². The van der Waals surface area contributed by atoms with Gasteiger partial charge in [-0.05, 0) is 71.2 Å². The number of ether oxygens (including phenoxy) is 1. The molecular weight excluding hydrogens is 462 g/mol. The molecule has 0 aliphatic heterocycles. The maximum Gasteiger partial charge on any atom is 0.142 e. The van der Waals surface area contributed by atoms with Crippen LogP contribution in [0.1, 0.15) is 75.0 Å². The number of benzene rings is 4. The van der Waals surface area contributed by atoms with Crippen molar-refractivity contribution in [2.75, 3.05) is 19.0 Å². The minimum Gasteiger partial charge on any atom is -0.456 e. The number of nitrogens with zero attached hydrogens (tertiary/aromatic N) is 1. The molecule has 4 aromatic carbocycles. The first-order chi connectivity index (χ1) is 18.6. The van der Waals surface area contributed by atoms with Gasteiger partial charge in [-0.3, -0.25) is 0 Å². The van der Waals surface area contributed by atoms with Crippen molar-refractivity contribution >= 4 is 22.5 Å². The van der Waals surface area contributed by atoms with Gasteiger partial charge < -0.3 is 9.64 Å². The number of fused-ring (bicyclic) bond motifs is 7. The first-order valence-corrected chi connectivity index (χ1v) is 14.4. The van der Waals surface area contributed by atoms with Crippen molar-refractivity contribution in [1.29, 1.82) is 0 Å². The fourth-order valence-corrected chi connectivity index (χ4v) is 6.92. The highest BCUT2D eigenvalue weighted by Crippen LogP contribution is 2.60. The number of allylic oxidation sites excluding steroid dienone is 1. The van der Waals surface area contributed by atoms with Gasteiger partial charge in [0, 0.05) is 36.1 Å². The molecule has 0 aromatic heterocycles. The summed E-state index contributed by atoms with van der Waals surface area (Å²) in [6.45, 7) is 2.22. The van der Waals surface area contributed by atoms with E-state index in [1.165, 1.54) is 89.2 Å². The van der Waals surface area contributed by atoms with Gasteiger partial charge in [0.05, 0.1) is 0 Å². The molecule has 1 spiro atoms. The van der Waals surface area contributed by atoms with Gasteiger partial charge in [-0.1, -0.05) is 99.7 Å². The van der Waals surface area contributed by atoms with Crippen molar-refractivity contribution in [3.8, 4) is 22.6 Å². The minimum absolute atomic E-state index is 0.0384. The van der Waals surface area contributed by atoms with Crippen LogP contribution in [0, 0.1) is 0 Å². The summed E-state index contributed by atoms with van der Waals surface area (Å²) >= 11 is 0. The zero-order chi connectivity index (χ0) is 26.1. The predicted molar refractivity (Wildman–Crippen MR) is 163 cm³/mol. The highest BCUT2D eigenvalue weighted by atomic mass is 16.5. The average molecular weight is 502 g/mol. The molecule has 1 fully saturated rings. The Bertz CT molecular complexity index is 1470. The van der Waals surface area contributed by atoms with Crippen LogP contribution in [-0.2, 0) is 5.41 Å². The lowest BCUT2D eigenvalue weighted by Gasteiger charge is -2.36. The minimum atomic E-state index is 0.0384.